The Morgan fingerprint density at radius 2 is 2.36 bits per heavy atom. The minimum Gasteiger partial charge on any atom is -0.469 e. The van der Waals surface area contributed by atoms with Gasteiger partial charge in [0.05, 0.1) is 13.0 Å². The SMILES string of the molecule is COC(=O)[C@@H](C)CN1CCC[C@@H](C)C1. The predicted octanol–water partition coefficient (Wildman–Crippen LogP) is 1.53. The van der Waals surface area contributed by atoms with Gasteiger partial charge in [-0.05, 0) is 25.3 Å². The van der Waals surface area contributed by atoms with Crippen LogP contribution in [0.1, 0.15) is 26.7 Å². The molecule has 0 radical (unpaired) electrons. The second kappa shape index (κ2) is 5.35. The Hall–Kier alpha value is -0.570. The summed E-state index contributed by atoms with van der Waals surface area (Å²) in [6, 6.07) is 0. The lowest BCUT2D eigenvalue weighted by molar-refractivity contribution is -0.145. The van der Waals surface area contributed by atoms with Crippen LogP contribution in [0.5, 0.6) is 0 Å². The summed E-state index contributed by atoms with van der Waals surface area (Å²) >= 11 is 0. The van der Waals surface area contributed by atoms with Gasteiger partial charge in [-0.1, -0.05) is 13.8 Å². The Morgan fingerprint density at radius 3 is 2.93 bits per heavy atom. The molecule has 0 aliphatic carbocycles. The molecule has 1 aliphatic heterocycles. The van der Waals surface area contributed by atoms with Gasteiger partial charge in [0.1, 0.15) is 0 Å². The zero-order chi connectivity index (χ0) is 10.6. The molecule has 1 heterocycles. The second-order valence-corrected chi connectivity index (χ2v) is 4.43. The number of rotatable bonds is 3. The summed E-state index contributed by atoms with van der Waals surface area (Å²) in [4.78, 5) is 13.6. The van der Waals surface area contributed by atoms with Crippen molar-refractivity contribution in [2.24, 2.45) is 11.8 Å². The van der Waals surface area contributed by atoms with Gasteiger partial charge in [0.2, 0.25) is 0 Å². The average Bonchev–Trinajstić information content (AvgIpc) is 2.16. The van der Waals surface area contributed by atoms with Crippen LogP contribution >= 0.6 is 0 Å². The molecule has 0 N–H and O–H groups in total. The summed E-state index contributed by atoms with van der Waals surface area (Å²) in [5, 5.41) is 0. The van der Waals surface area contributed by atoms with Crippen molar-refractivity contribution in [1.82, 2.24) is 4.90 Å². The highest BCUT2D eigenvalue weighted by atomic mass is 16.5. The maximum atomic E-state index is 11.2. The van der Waals surface area contributed by atoms with Gasteiger partial charge < -0.3 is 9.64 Å². The molecule has 0 unspecified atom stereocenters. The number of carbonyl (C=O) groups excluding carboxylic acids is 1. The number of hydrogen-bond donors (Lipinski definition) is 0. The number of likely N-dealkylation sites (tertiary alicyclic amines) is 1. The lowest BCUT2D eigenvalue weighted by Crippen LogP contribution is -2.39. The van der Waals surface area contributed by atoms with Gasteiger partial charge in [0, 0.05) is 13.1 Å². The van der Waals surface area contributed by atoms with Gasteiger partial charge in [0.25, 0.3) is 0 Å². The highest BCUT2D eigenvalue weighted by Crippen LogP contribution is 2.16. The Labute approximate surface area is 86.4 Å². The van der Waals surface area contributed by atoms with Gasteiger partial charge >= 0.3 is 5.97 Å². The predicted molar refractivity (Wildman–Crippen MR) is 56.0 cm³/mol. The molecular weight excluding hydrogens is 178 g/mol. The molecule has 3 heteroatoms. The van der Waals surface area contributed by atoms with Crippen LogP contribution < -0.4 is 0 Å². The highest BCUT2D eigenvalue weighted by molar-refractivity contribution is 5.72. The molecule has 1 fully saturated rings. The Bertz CT molecular complexity index is 194. The van der Waals surface area contributed by atoms with Crippen LogP contribution in [-0.4, -0.2) is 37.6 Å². The van der Waals surface area contributed by atoms with E-state index < -0.39 is 0 Å². The van der Waals surface area contributed by atoms with Crippen LogP contribution in [0.3, 0.4) is 0 Å². The van der Waals surface area contributed by atoms with Crippen LogP contribution in [0.15, 0.2) is 0 Å². The van der Waals surface area contributed by atoms with Crippen molar-refractivity contribution in [3.63, 3.8) is 0 Å². The van der Waals surface area contributed by atoms with E-state index in [0.717, 1.165) is 25.6 Å². The first-order chi connectivity index (χ1) is 6.63. The third kappa shape index (κ3) is 3.29. The second-order valence-electron chi connectivity index (χ2n) is 4.43. The van der Waals surface area contributed by atoms with Crippen LogP contribution in [0.4, 0.5) is 0 Å². The molecule has 0 aromatic rings. The van der Waals surface area contributed by atoms with Gasteiger partial charge in [-0.15, -0.1) is 0 Å². The van der Waals surface area contributed by atoms with E-state index in [-0.39, 0.29) is 11.9 Å². The van der Waals surface area contributed by atoms with Crippen LogP contribution in [0.2, 0.25) is 0 Å². The summed E-state index contributed by atoms with van der Waals surface area (Å²) in [6.07, 6.45) is 2.58. The van der Waals surface area contributed by atoms with Crippen LogP contribution in [0.25, 0.3) is 0 Å². The molecular formula is C11H21NO2. The van der Waals surface area contributed by atoms with E-state index in [1.54, 1.807) is 0 Å². The molecule has 0 bridgehead atoms. The third-order valence-corrected chi connectivity index (χ3v) is 2.88. The lowest BCUT2D eigenvalue weighted by Gasteiger charge is -2.32. The van der Waals surface area contributed by atoms with Crippen molar-refractivity contribution in [2.75, 3.05) is 26.7 Å². The number of hydrogen-bond acceptors (Lipinski definition) is 3. The van der Waals surface area contributed by atoms with Gasteiger partial charge in [-0.3, -0.25) is 4.79 Å². The maximum Gasteiger partial charge on any atom is 0.309 e. The van der Waals surface area contributed by atoms with E-state index in [4.69, 9.17) is 4.74 Å². The normalized spacial score (nSPS) is 25.8. The van der Waals surface area contributed by atoms with Crippen molar-refractivity contribution >= 4 is 5.97 Å². The Balaban J connectivity index is 2.32. The zero-order valence-electron chi connectivity index (χ0n) is 9.45. The molecule has 0 amide bonds. The summed E-state index contributed by atoms with van der Waals surface area (Å²) < 4.78 is 4.71. The van der Waals surface area contributed by atoms with Crippen molar-refractivity contribution in [1.29, 1.82) is 0 Å². The minimum absolute atomic E-state index is 0.00491. The molecule has 0 spiro atoms. The molecule has 0 saturated carbocycles. The largest absolute Gasteiger partial charge is 0.469 e. The molecule has 14 heavy (non-hydrogen) atoms. The molecule has 3 nitrogen and oxygen atoms in total. The molecule has 1 aliphatic rings. The molecule has 82 valence electrons. The van der Waals surface area contributed by atoms with Gasteiger partial charge in [-0.2, -0.15) is 0 Å². The number of piperidine rings is 1. The smallest absolute Gasteiger partial charge is 0.309 e. The fourth-order valence-corrected chi connectivity index (χ4v) is 2.12. The highest BCUT2D eigenvalue weighted by Gasteiger charge is 2.21. The number of methoxy groups -OCH3 is 1. The number of ether oxygens (including phenoxy) is 1. The molecule has 2 atom stereocenters. The third-order valence-electron chi connectivity index (χ3n) is 2.88. The van der Waals surface area contributed by atoms with E-state index in [2.05, 4.69) is 11.8 Å². The van der Waals surface area contributed by atoms with Gasteiger partial charge in [-0.25, -0.2) is 0 Å². The maximum absolute atomic E-state index is 11.2. The zero-order valence-corrected chi connectivity index (χ0v) is 9.45. The van der Waals surface area contributed by atoms with Crippen molar-refractivity contribution in [2.45, 2.75) is 26.7 Å². The first-order valence-corrected chi connectivity index (χ1v) is 5.43. The van der Waals surface area contributed by atoms with E-state index in [1.165, 1.54) is 20.0 Å². The monoisotopic (exact) mass is 199 g/mol. The van der Waals surface area contributed by atoms with E-state index in [9.17, 15) is 4.79 Å². The first-order valence-electron chi connectivity index (χ1n) is 5.43. The molecule has 0 aromatic heterocycles. The fraction of sp³-hybridized carbons (Fsp3) is 0.909. The minimum atomic E-state index is -0.0942. The van der Waals surface area contributed by atoms with Crippen molar-refractivity contribution < 1.29 is 9.53 Å². The number of nitrogens with zero attached hydrogens (tertiary/aromatic N) is 1. The van der Waals surface area contributed by atoms with Crippen molar-refractivity contribution in [3.8, 4) is 0 Å². The summed E-state index contributed by atoms with van der Waals surface area (Å²) in [5.74, 6) is 0.683. The van der Waals surface area contributed by atoms with Crippen molar-refractivity contribution in [3.05, 3.63) is 0 Å². The number of carbonyl (C=O) groups is 1. The summed E-state index contributed by atoms with van der Waals surface area (Å²) in [7, 11) is 1.46. The quantitative estimate of drug-likeness (QED) is 0.646. The van der Waals surface area contributed by atoms with Crippen LogP contribution in [-0.2, 0) is 9.53 Å². The van der Waals surface area contributed by atoms with E-state index in [1.807, 2.05) is 6.92 Å². The summed E-state index contributed by atoms with van der Waals surface area (Å²) in [6.45, 7) is 7.31. The van der Waals surface area contributed by atoms with E-state index >= 15 is 0 Å². The fourth-order valence-electron chi connectivity index (χ4n) is 2.12. The molecule has 0 aromatic carbocycles. The standard InChI is InChI=1S/C11H21NO2/c1-9-5-4-6-12(7-9)8-10(2)11(13)14-3/h9-10H,4-8H2,1-3H3/t9-,10+/m1/s1. The van der Waals surface area contributed by atoms with Gasteiger partial charge in [0.15, 0.2) is 0 Å². The summed E-state index contributed by atoms with van der Waals surface area (Å²) in [5.41, 5.74) is 0. The van der Waals surface area contributed by atoms with E-state index in [0.29, 0.717) is 0 Å². The Morgan fingerprint density at radius 1 is 1.64 bits per heavy atom. The topological polar surface area (TPSA) is 29.5 Å². The number of esters is 1. The molecule has 1 rings (SSSR count). The molecule has 1 saturated heterocycles. The average molecular weight is 199 g/mol. The van der Waals surface area contributed by atoms with Crippen LogP contribution in [0, 0.1) is 11.8 Å². The Kier molecular flexibility index (Phi) is 4.39. The first kappa shape index (κ1) is 11.5. The lowest BCUT2D eigenvalue weighted by atomic mass is 9.99.